The number of nitrogens with zero attached hydrogens (tertiary/aromatic N) is 3. The average Bonchev–Trinajstić information content (AvgIpc) is 3.42. The number of aryl methyl sites for hydroxylation is 2. The summed E-state index contributed by atoms with van der Waals surface area (Å²) >= 11 is 0. The van der Waals surface area contributed by atoms with Crippen molar-refractivity contribution in [2.45, 2.75) is 46.1 Å². The number of halogens is 2. The minimum Gasteiger partial charge on any atom is -0.488 e. The molecule has 0 bridgehead atoms. The molecule has 0 saturated heterocycles. The van der Waals surface area contributed by atoms with Gasteiger partial charge in [-0.05, 0) is 61.2 Å². The molecule has 0 spiro atoms. The summed E-state index contributed by atoms with van der Waals surface area (Å²) in [6.45, 7) is 4.98. The predicted octanol–water partition coefficient (Wildman–Crippen LogP) is 6.41. The number of ether oxygens (including phenoxy) is 1. The number of benzene rings is 3. The van der Waals surface area contributed by atoms with Crippen LogP contribution in [0.2, 0.25) is 0 Å². The SMILES string of the molecule is Br.CCCc1nc(C)n(-c2ccc(OC(C)CF)cc2)c(=O)c1Cc1ccc(-c2ccccc2-c2noc(=O)[nH]2)cc1. The van der Waals surface area contributed by atoms with Gasteiger partial charge in [0.1, 0.15) is 24.4 Å². The molecular formula is C32H32BrFN4O4. The maximum absolute atomic E-state index is 13.9. The Balaban J connectivity index is 0.00000405. The van der Waals surface area contributed by atoms with E-state index in [1.54, 1.807) is 35.8 Å². The molecule has 1 N–H and O–H groups in total. The summed E-state index contributed by atoms with van der Waals surface area (Å²) < 4.78 is 24.7. The van der Waals surface area contributed by atoms with E-state index in [4.69, 9.17) is 14.2 Å². The summed E-state index contributed by atoms with van der Waals surface area (Å²) in [5.41, 5.74) is 5.55. The third kappa shape index (κ3) is 6.60. The summed E-state index contributed by atoms with van der Waals surface area (Å²) in [5.74, 6) is 0.894. The summed E-state index contributed by atoms with van der Waals surface area (Å²) in [6.07, 6.45) is 1.44. The molecule has 10 heteroatoms. The fraction of sp³-hybridized carbons (Fsp3) is 0.250. The molecule has 5 aromatic rings. The molecule has 0 aliphatic heterocycles. The molecule has 2 heterocycles. The summed E-state index contributed by atoms with van der Waals surface area (Å²) in [7, 11) is 0. The van der Waals surface area contributed by atoms with Crippen LogP contribution < -0.4 is 16.1 Å². The Kier molecular flexibility index (Phi) is 9.90. The Hall–Kier alpha value is -4.31. The zero-order valence-corrected chi connectivity index (χ0v) is 25.3. The Bertz CT molecular complexity index is 1760. The van der Waals surface area contributed by atoms with Gasteiger partial charge in [-0.1, -0.05) is 67.0 Å². The quantitative estimate of drug-likeness (QED) is 0.190. The van der Waals surface area contributed by atoms with Gasteiger partial charge in [0.25, 0.3) is 5.56 Å². The standard InChI is InChI=1S/C32H31FN4O4.BrH/c1-4-7-29-28(31(38)37(21(3)34-29)24-14-16-25(17-15-24)40-20(2)19-33)18-22-10-12-23(13-11-22)26-8-5-6-9-27(26)30-35-32(39)41-36-30;/h5-6,8-17,20H,4,7,18-19H2,1-3H3,(H,35,36,39);1H. The second-order valence-corrected chi connectivity index (χ2v) is 9.91. The first-order chi connectivity index (χ1) is 19.9. The minimum absolute atomic E-state index is 0. The number of hydrogen-bond acceptors (Lipinski definition) is 6. The lowest BCUT2D eigenvalue weighted by Crippen LogP contribution is -2.28. The maximum atomic E-state index is 13.9. The molecule has 0 radical (unpaired) electrons. The highest BCUT2D eigenvalue weighted by Gasteiger charge is 2.17. The highest BCUT2D eigenvalue weighted by Crippen LogP contribution is 2.30. The molecule has 3 aromatic carbocycles. The molecule has 0 aliphatic carbocycles. The smallest absolute Gasteiger partial charge is 0.439 e. The molecule has 0 aliphatic rings. The highest BCUT2D eigenvalue weighted by molar-refractivity contribution is 8.93. The van der Waals surface area contributed by atoms with Crippen LogP contribution >= 0.6 is 17.0 Å². The molecule has 0 saturated carbocycles. The van der Waals surface area contributed by atoms with Gasteiger partial charge in [-0.25, -0.2) is 14.2 Å². The first-order valence-corrected chi connectivity index (χ1v) is 13.6. The van der Waals surface area contributed by atoms with Crippen molar-refractivity contribution in [1.29, 1.82) is 0 Å². The molecule has 218 valence electrons. The minimum atomic E-state index is -0.610. The van der Waals surface area contributed by atoms with Crippen LogP contribution in [0.1, 0.15) is 42.9 Å². The van der Waals surface area contributed by atoms with Gasteiger partial charge in [0.05, 0.1) is 11.4 Å². The topological polar surface area (TPSA) is 103 Å². The van der Waals surface area contributed by atoms with Crippen LogP contribution in [0.25, 0.3) is 28.2 Å². The lowest BCUT2D eigenvalue weighted by molar-refractivity contribution is 0.182. The van der Waals surface area contributed by atoms with Gasteiger partial charge in [0, 0.05) is 17.5 Å². The molecule has 2 aromatic heterocycles. The fourth-order valence-electron chi connectivity index (χ4n) is 4.87. The number of H-pyrrole nitrogens is 1. The molecule has 1 unspecified atom stereocenters. The van der Waals surface area contributed by atoms with E-state index in [1.165, 1.54) is 0 Å². The van der Waals surface area contributed by atoms with E-state index in [0.717, 1.165) is 34.4 Å². The first-order valence-electron chi connectivity index (χ1n) is 13.6. The number of aromatic amines is 1. The second kappa shape index (κ2) is 13.6. The van der Waals surface area contributed by atoms with Gasteiger partial charge in [-0.3, -0.25) is 18.9 Å². The van der Waals surface area contributed by atoms with Crippen LogP contribution in [0, 0.1) is 6.92 Å². The van der Waals surface area contributed by atoms with Gasteiger partial charge >= 0.3 is 5.76 Å². The summed E-state index contributed by atoms with van der Waals surface area (Å²) in [6, 6.07) is 22.6. The normalized spacial score (nSPS) is 11.6. The number of nitrogens with one attached hydrogen (secondary N) is 1. The van der Waals surface area contributed by atoms with E-state index in [9.17, 15) is 14.0 Å². The first kappa shape index (κ1) is 30.6. The van der Waals surface area contributed by atoms with Crippen LogP contribution in [-0.4, -0.2) is 32.5 Å². The molecule has 0 amide bonds. The highest BCUT2D eigenvalue weighted by atomic mass is 79.9. The van der Waals surface area contributed by atoms with E-state index in [0.29, 0.717) is 41.5 Å². The fourth-order valence-corrected chi connectivity index (χ4v) is 4.87. The molecule has 0 fully saturated rings. The molecule has 5 rings (SSSR count). The monoisotopic (exact) mass is 634 g/mol. The Morgan fingerprint density at radius 1 is 1.00 bits per heavy atom. The molecular weight excluding hydrogens is 603 g/mol. The zero-order chi connectivity index (χ0) is 28.9. The van der Waals surface area contributed by atoms with E-state index in [-0.39, 0.29) is 22.5 Å². The third-order valence-corrected chi connectivity index (χ3v) is 6.83. The van der Waals surface area contributed by atoms with Crippen molar-refractivity contribution in [3.8, 4) is 34.0 Å². The molecule has 42 heavy (non-hydrogen) atoms. The van der Waals surface area contributed by atoms with Crippen LogP contribution in [0.3, 0.4) is 0 Å². The van der Waals surface area contributed by atoms with E-state index >= 15 is 0 Å². The largest absolute Gasteiger partial charge is 0.488 e. The van der Waals surface area contributed by atoms with E-state index in [2.05, 4.69) is 17.1 Å². The van der Waals surface area contributed by atoms with Crippen LogP contribution in [-0.2, 0) is 12.8 Å². The number of hydrogen-bond donors (Lipinski definition) is 1. The van der Waals surface area contributed by atoms with Crippen molar-refractivity contribution in [2.75, 3.05) is 6.67 Å². The van der Waals surface area contributed by atoms with Gasteiger partial charge in [0.2, 0.25) is 0 Å². The van der Waals surface area contributed by atoms with Crippen LogP contribution in [0.4, 0.5) is 4.39 Å². The Labute approximate surface area is 253 Å². The van der Waals surface area contributed by atoms with Gasteiger partial charge in [-0.15, -0.1) is 17.0 Å². The van der Waals surface area contributed by atoms with Crippen LogP contribution in [0.15, 0.2) is 86.9 Å². The zero-order valence-electron chi connectivity index (χ0n) is 23.6. The van der Waals surface area contributed by atoms with Crippen LogP contribution in [0.5, 0.6) is 5.75 Å². The van der Waals surface area contributed by atoms with Crippen molar-refractivity contribution in [2.24, 2.45) is 0 Å². The lowest BCUT2D eigenvalue weighted by Gasteiger charge is -2.16. The van der Waals surface area contributed by atoms with E-state index in [1.807, 2.05) is 55.5 Å². The third-order valence-electron chi connectivity index (χ3n) is 6.83. The van der Waals surface area contributed by atoms with Crippen molar-refractivity contribution in [3.63, 3.8) is 0 Å². The summed E-state index contributed by atoms with van der Waals surface area (Å²) in [5, 5.41) is 3.83. The van der Waals surface area contributed by atoms with Gasteiger partial charge < -0.3 is 4.74 Å². The van der Waals surface area contributed by atoms with E-state index < -0.39 is 18.5 Å². The lowest BCUT2D eigenvalue weighted by atomic mass is 9.96. The van der Waals surface area contributed by atoms with Crippen molar-refractivity contribution in [1.82, 2.24) is 19.7 Å². The van der Waals surface area contributed by atoms with Gasteiger partial charge in [0.15, 0.2) is 5.82 Å². The van der Waals surface area contributed by atoms with Crippen molar-refractivity contribution < 1.29 is 13.7 Å². The predicted molar refractivity (Wildman–Crippen MR) is 166 cm³/mol. The number of aromatic nitrogens is 4. The average molecular weight is 636 g/mol. The number of rotatable bonds is 10. The van der Waals surface area contributed by atoms with Crippen molar-refractivity contribution in [3.05, 3.63) is 116 Å². The summed E-state index contributed by atoms with van der Waals surface area (Å²) in [4.78, 5) is 32.8. The number of alkyl halides is 1. The Morgan fingerprint density at radius 2 is 1.69 bits per heavy atom. The van der Waals surface area contributed by atoms with Gasteiger partial charge in [-0.2, -0.15) is 0 Å². The maximum Gasteiger partial charge on any atom is 0.439 e. The van der Waals surface area contributed by atoms with Crippen molar-refractivity contribution >= 4 is 17.0 Å². The molecule has 1 atom stereocenters. The Morgan fingerprint density at radius 3 is 2.31 bits per heavy atom. The second-order valence-electron chi connectivity index (χ2n) is 9.91. The molecule has 8 nitrogen and oxygen atoms in total.